The van der Waals surface area contributed by atoms with E-state index < -0.39 is 16.1 Å². The van der Waals surface area contributed by atoms with Crippen molar-refractivity contribution in [2.24, 2.45) is 0 Å². The van der Waals surface area contributed by atoms with Gasteiger partial charge in [-0.2, -0.15) is 0 Å². The lowest BCUT2D eigenvalue weighted by Gasteiger charge is -2.09. The Bertz CT molecular complexity index is 581. The zero-order valence-electron chi connectivity index (χ0n) is 9.35. The molecule has 6 nitrogen and oxygen atoms in total. The fourth-order valence-electron chi connectivity index (χ4n) is 1.36. The first-order chi connectivity index (χ1) is 8.59. The number of nitrogens with zero attached hydrogens (tertiary/aromatic N) is 1. The van der Waals surface area contributed by atoms with Gasteiger partial charge in [0.05, 0.1) is 6.26 Å². The molecule has 0 saturated carbocycles. The standard InChI is InChI=1S/C11H12N2O4S/c14-10(11-4-2-6-17-11)8-13-18(15,16)9-3-1-5-12-7-9/h1-7,10,13-14H,8H2. The third-order valence-electron chi connectivity index (χ3n) is 2.28. The summed E-state index contributed by atoms with van der Waals surface area (Å²) in [5, 5.41) is 9.68. The zero-order valence-corrected chi connectivity index (χ0v) is 10.2. The summed E-state index contributed by atoms with van der Waals surface area (Å²) in [6.45, 7) is -0.162. The highest BCUT2D eigenvalue weighted by molar-refractivity contribution is 7.89. The van der Waals surface area contributed by atoms with Gasteiger partial charge in [-0.25, -0.2) is 13.1 Å². The maximum absolute atomic E-state index is 11.8. The van der Waals surface area contributed by atoms with Crippen molar-refractivity contribution < 1.29 is 17.9 Å². The van der Waals surface area contributed by atoms with Crippen LogP contribution in [-0.4, -0.2) is 25.1 Å². The molecule has 0 spiro atoms. The van der Waals surface area contributed by atoms with E-state index in [1.807, 2.05) is 0 Å². The smallest absolute Gasteiger partial charge is 0.242 e. The minimum absolute atomic E-state index is 0.0524. The first-order valence-electron chi connectivity index (χ1n) is 5.21. The third-order valence-corrected chi connectivity index (χ3v) is 3.69. The summed E-state index contributed by atoms with van der Waals surface area (Å²) >= 11 is 0. The Morgan fingerprint density at radius 1 is 1.39 bits per heavy atom. The van der Waals surface area contributed by atoms with Crippen molar-refractivity contribution in [1.29, 1.82) is 0 Å². The number of rotatable bonds is 5. The number of aliphatic hydroxyl groups excluding tert-OH is 1. The average Bonchev–Trinajstić information content (AvgIpc) is 2.91. The van der Waals surface area contributed by atoms with Gasteiger partial charge in [0.1, 0.15) is 16.8 Å². The Labute approximate surface area is 104 Å². The molecule has 96 valence electrons. The normalized spacial score (nSPS) is 13.4. The van der Waals surface area contributed by atoms with E-state index in [4.69, 9.17) is 4.42 Å². The largest absolute Gasteiger partial charge is 0.467 e. The van der Waals surface area contributed by atoms with Crippen molar-refractivity contribution in [3.8, 4) is 0 Å². The van der Waals surface area contributed by atoms with Crippen LogP contribution in [0.2, 0.25) is 0 Å². The van der Waals surface area contributed by atoms with E-state index in [2.05, 4.69) is 9.71 Å². The van der Waals surface area contributed by atoms with Gasteiger partial charge in [-0.3, -0.25) is 4.98 Å². The lowest BCUT2D eigenvalue weighted by atomic mass is 10.3. The number of pyridine rings is 1. The molecular formula is C11H12N2O4S. The molecule has 0 aromatic carbocycles. The predicted molar refractivity (Wildman–Crippen MR) is 63.1 cm³/mol. The van der Waals surface area contributed by atoms with E-state index in [1.54, 1.807) is 12.1 Å². The topological polar surface area (TPSA) is 92.4 Å². The molecule has 0 saturated heterocycles. The van der Waals surface area contributed by atoms with Crippen LogP contribution < -0.4 is 4.72 Å². The quantitative estimate of drug-likeness (QED) is 0.832. The molecule has 18 heavy (non-hydrogen) atoms. The third kappa shape index (κ3) is 2.95. The first kappa shape index (κ1) is 12.7. The summed E-state index contributed by atoms with van der Waals surface area (Å²) in [5.41, 5.74) is 0. The van der Waals surface area contributed by atoms with Gasteiger partial charge in [0.25, 0.3) is 0 Å². The van der Waals surface area contributed by atoms with Crippen LogP contribution in [0, 0.1) is 0 Å². The van der Waals surface area contributed by atoms with E-state index in [0.717, 1.165) is 0 Å². The van der Waals surface area contributed by atoms with E-state index >= 15 is 0 Å². The van der Waals surface area contributed by atoms with E-state index in [9.17, 15) is 13.5 Å². The van der Waals surface area contributed by atoms with Gasteiger partial charge in [-0.05, 0) is 24.3 Å². The van der Waals surface area contributed by atoms with Crippen LogP contribution >= 0.6 is 0 Å². The minimum atomic E-state index is -3.66. The summed E-state index contributed by atoms with van der Waals surface area (Å²) in [6.07, 6.45) is 3.11. The summed E-state index contributed by atoms with van der Waals surface area (Å²) in [7, 11) is -3.66. The molecule has 0 amide bonds. The van der Waals surface area contributed by atoms with Crippen molar-refractivity contribution in [2.75, 3.05) is 6.54 Å². The summed E-state index contributed by atoms with van der Waals surface area (Å²) in [4.78, 5) is 3.78. The molecule has 2 aromatic heterocycles. The van der Waals surface area contributed by atoms with E-state index in [1.165, 1.54) is 30.8 Å². The van der Waals surface area contributed by atoms with Crippen LogP contribution in [0.3, 0.4) is 0 Å². The van der Waals surface area contributed by atoms with Gasteiger partial charge < -0.3 is 9.52 Å². The fraction of sp³-hybridized carbons (Fsp3) is 0.182. The van der Waals surface area contributed by atoms with Gasteiger partial charge in [0.2, 0.25) is 10.0 Å². The van der Waals surface area contributed by atoms with Crippen LogP contribution in [0.4, 0.5) is 0 Å². The first-order valence-corrected chi connectivity index (χ1v) is 6.69. The summed E-state index contributed by atoms with van der Waals surface area (Å²) in [6, 6.07) is 6.14. The molecule has 0 bridgehead atoms. The Balaban J connectivity index is 2.02. The minimum Gasteiger partial charge on any atom is -0.467 e. The Morgan fingerprint density at radius 3 is 2.83 bits per heavy atom. The second-order valence-electron chi connectivity index (χ2n) is 3.57. The highest BCUT2D eigenvalue weighted by atomic mass is 32.2. The number of aliphatic hydroxyl groups is 1. The average molecular weight is 268 g/mol. The van der Waals surface area contributed by atoms with Gasteiger partial charge in [0, 0.05) is 18.9 Å². The molecule has 0 aliphatic rings. The Kier molecular flexibility index (Phi) is 3.75. The second-order valence-corrected chi connectivity index (χ2v) is 5.34. The van der Waals surface area contributed by atoms with Crippen molar-refractivity contribution in [3.63, 3.8) is 0 Å². The van der Waals surface area contributed by atoms with Gasteiger partial charge in [0.15, 0.2) is 0 Å². The Morgan fingerprint density at radius 2 is 2.22 bits per heavy atom. The number of aromatic nitrogens is 1. The molecule has 7 heteroatoms. The highest BCUT2D eigenvalue weighted by Crippen LogP contribution is 2.13. The second kappa shape index (κ2) is 5.30. The number of hydrogen-bond donors (Lipinski definition) is 2. The van der Waals surface area contributed by atoms with Crippen LogP contribution in [0.15, 0.2) is 52.2 Å². The molecule has 1 atom stereocenters. The summed E-state index contributed by atoms with van der Waals surface area (Å²) in [5.74, 6) is 0.309. The van der Waals surface area contributed by atoms with E-state index in [-0.39, 0.29) is 11.4 Å². The lowest BCUT2D eigenvalue weighted by Crippen LogP contribution is -2.28. The zero-order chi connectivity index (χ0) is 13.0. The molecule has 2 rings (SSSR count). The lowest BCUT2D eigenvalue weighted by molar-refractivity contribution is 0.154. The van der Waals surface area contributed by atoms with Crippen molar-refractivity contribution >= 4 is 10.0 Å². The van der Waals surface area contributed by atoms with Gasteiger partial charge in [-0.1, -0.05) is 0 Å². The molecule has 2 heterocycles. The molecule has 0 radical (unpaired) electrons. The molecular weight excluding hydrogens is 256 g/mol. The van der Waals surface area contributed by atoms with Gasteiger partial charge in [-0.15, -0.1) is 0 Å². The highest BCUT2D eigenvalue weighted by Gasteiger charge is 2.17. The molecule has 2 N–H and O–H groups in total. The molecule has 0 aliphatic carbocycles. The van der Waals surface area contributed by atoms with Crippen LogP contribution in [0.1, 0.15) is 11.9 Å². The van der Waals surface area contributed by atoms with E-state index in [0.29, 0.717) is 5.76 Å². The van der Waals surface area contributed by atoms with Crippen molar-refractivity contribution in [2.45, 2.75) is 11.0 Å². The number of nitrogens with one attached hydrogen (secondary N) is 1. The Hall–Kier alpha value is -1.70. The number of furan rings is 1. The predicted octanol–water partition coefficient (Wildman–Crippen LogP) is 0.687. The maximum Gasteiger partial charge on any atom is 0.242 e. The molecule has 2 aromatic rings. The van der Waals surface area contributed by atoms with Crippen molar-refractivity contribution in [3.05, 3.63) is 48.7 Å². The maximum atomic E-state index is 11.8. The van der Waals surface area contributed by atoms with Crippen molar-refractivity contribution in [1.82, 2.24) is 9.71 Å². The number of hydrogen-bond acceptors (Lipinski definition) is 5. The number of sulfonamides is 1. The molecule has 0 aliphatic heterocycles. The van der Waals surface area contributed by atoms with Gasteiger partial charge >= 0.3 is 0 Å². The summed E-state index contributed by atoms with van der Waals surface area (Å²) < 4.78 is 30.9. The molecule has 0 fully saturated rings. The SMILES string of the molecule is O=S(=O)(NCC(O)c1ccco1)c1cccnc1. The van der Waals surface area contributed by atoms with Crippen LogP contribution in [0.25, 0.3) is 0 Å². The van der Waals surface area contributed by atoms with Crippen LogP contribution in [0.5, 0.6) is 0 Å². The van der Waals surface area contributed by atoms with Crippen LogP contribution in [-0.2, 0) is 10.0 Å². The molecule has 1 unspecified atom stereocenters. The monoisotopic (exact) mass is 268 g/mol. The fourth-order valence-corrected chi connectivity index (χ4v) is 2.36.